The Labute approximate surface area is 113 Å². The number of rotatable bonds is 6. The van der Waals surface area contributed by atoms with E-state index in [-0.39, 0.29) is 18.6 Å². The van der Waals surface area contributed by atoms with Gasteiger partial charge in [0, 0.05) is 25.4 Å². The van der Waals surface area contributed by atoms with E-state index >= 15 is 0 Å². The van der Waals surface area contributed by atoms with Gasteiger partial charge in [0.15, 0.2) is 0 Å². The molecule has 104 valence electrons. The minimum atomic E-state index is -0.318. The van der Waals surface area contributed by atoms with Crippen LogP contribution < -0.4 is 11.5 Å². The molecule has 19 heavy (non-hydrogen) atoms. The van der Waals surface area contributed by atoms with E-state index in [9.17, 15) is 4.79 Å². The van der Waals surface area contributed by atoms with Crippen molar-refractivity contribution in [2.24, 2.45) is 5.73 Å². The van der Waals surface area contributed by atoms with E-state index < -0.39 is 0 Å². The first-order chi connectivity index (χ1) is 9.13. The van der Waals surface area contributed by atoms with Crippen LogP contribution in [0.2, 0.25) is 0 Å². The van der Waals surface area contributed by atoms with Gasteiger partial charge in [0.05, 0.1) is 12.6 Å². The molecule has 1 atom stereocenters. The SMILES string of the molecule is NC(=O)CN(Cc1cccc(N)c1)CC1CCCO1. The first-order valence-electron chi connectivity index (χ1n) is 6.60. The summed E-state index contributed by atoms with van der Waals surface area (Å²) in [5.41, 5.74) is 12.9. The summed E-state index contributed by atoms with van der Waals surface area (Å²) in [6, 6.07) is 7.69. The Morgan fingerprint density at radius 2 is 2.32 bits per heavy atom. The Morgan fingerprint density at radius 1 is 1.47 bits per heavy atom. The van der Waals surface area contributed by atoms with Crippen LogP contribution in [0.1, 0.15) is 18.4 Å². The normalized spacial score (nSPS) is 18.9. The van der Waals surface area contributed by atoms with Crippen LogP contribution in [0.3, 0.4) is 0 Å². The van der Waals surface area contributed by atoms with Crippen molar-refractivity contribution in [1.29, 1.82) is 0 Å². The second-order valence-electron chi connectivity index (χ2n) is 5.02. The average Bonchev–Trinajstić information content (AvgIpc) is 2.80. The van der Waals surface area contributed by atoms with Gasteiger partial charge in [0.1, 0.15) is 0 Å². The largest absolute Gasteiger partial charge is 0.399 e. The fourth-order valence-electron chi connectivity index (χ4n) is 2.43. The molecule has 0 bridgehead atoms. The topological polar surface area (TPSA) is 81.6 Å². The number of amides is 1. The molecule has 1 amide bonds. The molecule has 5 nitrogen and oxygen atoms in total. The Bertz CT molecular complexity index is 430. The highest BCUT2D eigenvalue weighted by molar-refractivity contribution is 5.75. The molecule has 1 heterocycles. The highest BCUT2D eigenvalue weighted by atomic mass is 16.5. The van der Waals surface area contributed by atoms with Gasteiger partial charge in [0.25, 0.3) is 0 Å². The summed E-state index contributed by atoms with van der Waals surface area (Å²) in [5.74, 6) is -0.318. The van der Waals surface area contributed by atoms with Crippen molar-refractivity contribution < 1.29 is 9.53 Å². The Kier molecular flexibility index (Phi) is 4.76. The summed E-state index contributed by atoms with van der Waals surface area (Å²) in [5, 5.41) is 0. The van der Waals surface area contributed by atoms with E-state index in [4.69, 9.17) is 16.2 Å². The predicted molar refractivity (Wildman–Crippen MR) is 74.3 cm³/mol. The third kappa shape index (κ3) is 4.54. The predicted octanol–water partition coefficient (Wildman–Crippen LogP) is 0.735. The molecule has 1 fully saturated rings. The van der Waals surface area contributed by atoms with Gasteiger partial charge >= 0.3 is 0 Å². The summed E-state index contributed by atoms with van der Waals surface area (Å²) in [6.07, 6.45) is 2.35. The molecule has 0 aromatic heterocycles. The number of nitrogens with zero attached hydrogens (tertiary/aromatic N) is 1. The summed E-state index contributed by atoms with van der Waals surface area (Å²) in [6.45, 7) is 2.45. The lowest BCUT2D eigenvalue weighted by atomic mass is 10.1. The third-order valence-electron chi connectivity index (χ3n) is 3.22. The van der Waals surface area contributed by atoms with Gasteiger partial charge in [-0.1, -0.05) is 12.1 Å². The van der Waals surface area contributed by atoms with Crippen molar-refractivity contribution in [2.75, 3.05) is 25.4 Å². The number of primary amides is 1. The summed E-state index contributed by atoms with van der Waals surface area (Å²) < 4.78 is 5.61. The van der Waals surface area contributed by atoms with Crippen LogP contribution in [-0.4, -0.2) is 36.6 Å². The molecule has 1 saturated heterocycles. The van der Waals surface area contributed by atoms with Crippen molar-refractivity contribution >= 4 is 11.6 Å². The first-order valence-corrected chi connectivity index (χ1v) is 6.60. The second kappa shape index (κ2) is 6.54. The number of nitrogen functional groups attached to an aromatic ring is 1. The molecular formula is C14H21N3O2. The number of hydrogen-bond donors (Lipinski definition) is 2. The quantitative estimate of drug-likeness (QED) is 0.742. The molecule has 1 aromatic rings. The van der Waals surface area contributed by atoms with Crippen molar-refractivity contribution in [3.63, 3.8) is 0 Å². The molecule has 2 rings (SSSR count). The van der Waals surface area contributed by atoms with Crippen LogP contribution in [-0.2, 0) is 16.1 Å². The van der Waals surface area contributed by atoms with Gasteiger partial charge in [-0.2, -0.15) is 0 Å². The van der Waals surface area contributed by atoms with E-state index in [1.165, 1.54) is 0 Å². The smallest absolute Gasteiger partial charge is 0.231 e. The number of hydrogen-bond acceptors (Lipinski definition) is 4. The van der Waals surface area contributed by atoms with Gasteiger partial charge in [-0.25, -0.2) is 0 Å². The Hall–Kier alpha value is -1.59. The van der Waals surface area contributed by atoms with Crippen LogP contribution >= 0.6 is 0 Å². The van der Waals surface area contributed by atoms with E-state index in [0.717, 1.165) is 37.2 Å². The van der Waals surface area contributed by atoms with Crippen molar-refractivity contribution in [2.45, 2.75) is 25.5 Å². The zero-order chi connectivity index (χ0) is 13.7. The number of carbonyl (C=O) groups excluding carboxylic acids is 1. The number of nitrogens with two attached hydrogens (primary N) is 2. The molecule has 0 aliphatic carbocycles. The zero-order valence-corrected chi connectivity index (χ0v) is 11.0. The van der Waals surface area contributed by atoms with Crippen LogP contribution in [0.5, 0.6) is 0 Å². The zero-order valence-electron chi connectivity index (χ0n) is 11.0. The average molecular weight is 263 g/mol. The summed E-state index contributed by atoms with van der Waals surface area (Å²) in [7, 11) is 0. The standard InChI is InChI=1S/C14H21N3O2/c15-12-4-1-3-11(7-12)8-17(10-14(16)18)9-13-5-2-6-19-13/h1,3-4,7,13H,2,5-6,8-10,15H2,(H2,16,18). The van der Waals surface area contributed by atoms with Crippen LogP contribution in [0.15, 0.2) is 24.3 Å². The third-order valence-corrected chi connectivity index (χ3v) is 3.22. The van der Waals surface area contributed by atoms with E-state index in [0.29, 0.717) is 6.54 Å². The van der Waals surface area contributed by atoms with Crippen molar-refractivity contribution in [3.05, 3.63) is 29.8 Å². The highest BCUT2D eigenvalue weighted by Crippen LogP contribution is 2.15. The minimum Gasteiger partial charge on any atom is -0.399 e. The molecule has 1 aliphatic heterocycles. The van der Waals surface area contributed by atoms with E-state index in [1.54, 1.807) is 0 Å². The van der Waals surface area contributed by atoms with Crippen LogP contribution in [0, 0.1) is 0 Å². The maximum atomic E-state index is 11.2. The fraction of sp³-hybridized carbons (Fsp3) is 0.500. The maximum absolute atomic E-state index is 11.2. The summed E-state index contributed by atoms with van der Waals surface area (Å²) in [4.78, 5) is 13.2. The van der Waals surface area contributed by atoms with Crippen LogP contribution in [0.25, 0.3) is 0 Å². The van der Waals surface area contributed by atoms with Gasteiger partial charge in [-0.05, 0) is 30.5 Å². The van der Waals surface area contributed by atoms with Gasteiger partial charge in [-0.3, -0.25) is 9.69 Å². The van der Waals surface area contributed by atoms with Gasteiger partial charge < -0.3 is 16.2 Å². The molecule has 4 N–H and O–H groups in total. The van der Waals surface area contributed by atoms with Crippen molar-refractivity contribution in [1.82, 2.24) is 4.90 Å². The molecule has 1 aromatic carbocycles. The molecule has 1 unspecified atom stereocenters. The molecule has 5 heteroatoms. The lowest BCUT2D eigenvalue weighted by Gasteiger charge is -2.24. The number of ether oxygens (including phenoxy) is 1. The highest BCUT2D eigenvalue weighted by Gasteiger charge is 2.20. The fourth-order valence-corrected chi connectivity index (χ4v) is 2.43. The number of carbonyl (C=O) groups is 1. The van der Waals surface area contributed by atoms with Crippen LogP contribution in [0.4, 0.5) is 5.69 Å². The second-order valence-corrected chi connectivity index (χ2v) is 5.02. The molecule has 1 aliphatic rings. The Morgan fingerprint density at radius 3 is 2.95 bits per heavy atom. The maximum Gasteiger partial charge on any atom is 0.231 e. The number of benzene rings is 1. The lowest BCUT2D eigenvalue weighted by Crippen LogP contribution is -2.38. The summed E-state index contributed by atoms with van der Waals surface area (Å²) >= 11 is 0. The monoisotopic (exact) mass is 263 g/mol. The van der Waals surface area contributed by atoms with Crippen molar-refractivity contribution in [3.8, 4) is 0 Å². The first kappa shape index (κ1) is 13.8. The molecule has 0 radical (unpaired) electrons. The number of anilines is 1. The lowest BCUT2D eigenvalue weighted by molar-refractivity contribution is -0.119. The van der Waals surface area contributed by atoms with Gasteiger partial charge in [-0.15, -0.1) is 0 Å². The van der Waals surface area contributed by atoms with Gasteiger partial charge in [0.2, 0.25) is 5.91 Å². The minimum absolute atomic E-state index is 0.209. The Balaban J connectivity index is 1.98. The molecule has 0 spiro atoms. The molecule has 0 saturated carbocycles. The van der Waals surface area contributed by atoms with E-state index in [2.05, 4.69) is 0 Å². The van der Waals surface area contributed by atoms with E-state index in [1.807, 2.05) is 29.2 Å². The molecular weight excluding hydrogens is 242 g/mol.